The highest BCUT2D eigenvalue weighted by Gasteiger charge is 2.23. The molecule has 0 aromatic heterocycles. The number of hydrogen-bond acceptors (Lipinski definition) is 2. The molecule has 132 valence electrons. The fourth-order valence-electron chi connectivity index (χ4n) is 2.95. The average Bonchev–Trinajstić information content (AvgIpc) is 3.02. The molecule has 3 rings (SSSR count). The van der Waals surface area contributed by atoms with Gasteiger partial charge in [-0.25, -0.2) is 4.79 Å². The number of rotatable bonds is 4. The summed E-state index contributed by atoms with van der Waals surface area (Å²) in [6.45, 7) is 7.97. The van der Waals surface area contributed by atoms with Crippen molar-refractivity contribution in [2.24, 2.45) is 0 Å². The first-order valence-electron chi connectivity index (χ1n) is 8.77. The maximum Gasteiger partial charge on any atom is 0.322 e. The van der Waals surface area contributed by atoms with Crippen LogP contribution in [-0.2, 0) is 24.3 Å². The van der Waals surface area contributed by atoms with E-state index in [2.05, 4.69) is 17.4 Å². The van der Waals surface area contributed by atoms with Crippen molar-refractivity contribution in [2.75, 3.05) is 11.4 Å². The second-order valence-electron chi connectivity index (χ2n) is 7.41. The number of carbonyl (C=O) groups is 1. The number of para-hydroxylation sites is 1. The zero-order valence-corrected chi connectivity index (χ0v) is 15.2. The van der Waals surface area contributed by atoms with Crippen LogP contribution in [0.3, 0.4) is 0 Å². The van der Waals surface area contributed by atoms with Gasteiger partial charge >= 0.3 is 6.03 Å². The highest BCUT2D eigenvalue weighted by molar-refractivity contribution is 5.94. The molecule has 1 heterocycles. The van der Waals surface area contributed by atoms with Crippen molar-refractivity contribution in [3.63, 3.8) is 0 Å². The van der Waals surface area contributed by atoms with Gasteiger partial charge in [-0.15, -0.1) is 0 Å². The SMILES string of the molecule is CC(C)(C)OCc1cccc(CNC(=O)N2CCc3ccccc32)c1. The zero-order chi connectivity index (χ0) is 17.9. The molecule has 0 atom stereocenters. The number of benzene rings is 2. The predicted octanol–water partition coefficient (Wildman–Crippen LogP) is 4.27. The minimum Gasteiger partial charge on any atom is -0.371 e. The molecule has 0 fully saturated rings. The Morgan fingerprint density at radius 2 is 1.88 bits per heavy atom. The third kappa shape index (κ3) is 4.60. The number of fused-ring (bicyclic) bond motifs is 1. The molecule has 4 nitrogen and oxygen atoms in total. The van der Waals surface area contributed by atoms with Gasteiger partial charge in [0.25, 0.3) is 0 Å². The molecule has 0 saturated carbocycles. The Morgan fingerprint density at radius 3 is 2.68 bits per heavy atom. The van der Waals surface area contributed by atoms with Gasteiger partial charge in [-0.1, -0.05) is 42.5 Å². The number of amides is 2. The Morgan fingerprint density at radius 1 is 1.12 bits per heavy atom. The lowest BCUT2D eigenvalue weighted by molar-refractivity contribution is -0.0149. The summed E-state index contributed by atoms with van der Waals surface area (Å²) in [4.78, 5) is 14.3. The van der Waals surface area contributed by atoms with Crippen LogP contribution in [0.25, 0.3) is 0 Å². The lowest BCUT2D eigenvalue weighted by Crippen LogP contribution is -2.38. The molecule has 1 N–H and O–H groups in total. The quantitative estimate of drug-likeness (QED) is 0.904. The molecule has 4 heteroatoms. The van der Waals surface area contributed by atoms with E-state index in [1.165, 1.54) is 5.56 Å². The smallest absolute Gasteiger partial charge is 0.322 e. The summed E-state index contributed by atoms with van der Waals surface area (Å²) < 4.78 is 5.82. The molecule has 1 aliphatic rings. The van der Waals surface area contributed by atoms with E-state index in [0.29, 0.717) is 13.2 Å². The largest absolute Gasteiger partial charge is 0.371 e. The van der Waals surface area contributed by atoms with Crippen LogP contribution in [0.4, 0.5) is 10.5 Å². The van der Waals surface area contributed by atoms with Gasteiger partial charge in [-0.2, -0.15) is 0 Å². The number of nitrogens with zero attached hydrogens (tertiary/aromatic N) is 1. The first kappa shape index (κ1) is 17.5. The van der Waals surface area contributed by atoms with Crippen molar-refractivity contribution < 1.29 is 9.53 Å². The zero-order valence-electron chi connectivity index (χ0n) is 15.2. The van der Waals surface area contributed by atoms with E-state index in [0.717, 1.165) is 29.8 Å². The second kappa shape index (κ2) is 7.28. The summed E-state index contributed by atoms with van der Waals surface area (Å²) in [5, 5.41) is 3.03. The van der Waals surface area contributed by atoms with E-state index in [1.54, 1.807) is 0 Å². The van der Waals surface area contributed by atoms with Crippen molar-refractivity contribution in [1.82, 2.24) is 5.32 Å². The second-order valence-corrected chi connectivity index (χ2v) is 7.41. The van der Waals surface area contributed by atoms with Crippen molar-refractivity contribution in [2.45, 2.75) is 45.9 Å². The van der Waals surface area contributed by atoms with Crippen LogP contribution in [0.5, 0.6) is 0 Å². The summed E-state index contributed by atoms with van der Waals surface area (Å²) in [7, 11) is 0. The standard InChI is InChI=1S/C21H26N2O2/c1-21(2,3)25-15-17-8-6-7-16(13-17)14-22-20(24)23-12-11-18-9-4-5-10-19(18)23/h4-10,13H,11-12,14-15H2,1-3H3,(H,22,24). The highest BCUT2D eigenvalue weighted by atomic mass is 16.5. The van der Waals surface area contributed by atoms with Gasteiger partial charge < -0.3 is 10.1 Å². The van der Waals surface area contributed by atoms with Crippen LogP contribution in [-0.4, -0.2) is 18.2 Å². The summed E-state index contributed by atoms with van der Waals surface area (Å²) in [6, 6.07) is 16.2. The Labute approximate surface area is 149 Å². The van der Waals surface area contributed by atoms with Crippen LogP contribution in [0.15, 0.2) is 48.5 Å². The molecule has 2 amide bonds. The van der Waals surface area contributed by atoms with Crippen LogP contribution in [0.2, 0.25) is 0 Å². The Balaban J connectivity index is 1.58. The fourth-order valence-corrected chi connectivity index (χ4v) is 2.95. The van der Waals surface area contributed by atoms with Gasteiger partial charge in [0.1, 0.15) is 0 Å². The summed E-state index contributed by atoms with van der Waals surface area (Å²) >= 11 is 0. The lowest BCUT2D eigenvalue weighted by Gasteiger charge is -2.20. The third-order valence-electron chi connectivity index (χ3n) is 4.24. The molecule has 2 aromatic rings. The number of ether oxygens (including phenoxy) is 1. The van der Waals surface area contributed by atoms with E-state index in [1.807, 2.05) is 62.1 Å². The lowest BCUT2D eigenvalue weighted by atomic mass is 10.1. The van der Waals surface area contributed by atoms with E-state index in [9.17, 15) is 4.79 Å². The van der Waals surface area contributed by atoms with Crippen LogP contribution < -0.4 is 10.2 Å². The van der Waals surface area contributed by atoms with Gasteiger partial charge in [0, 0.05) is 18.8 Å². The summed E-state index contributed by atoms with van der Waals surface area (Å²) in [6.07, 6.45) is 0.920. The molecule has 2 aromatic carbocycles. The van der Waals surface area contributed by atoms with Crippen LogP contribution in [0.1, 0.15) is 37.5 Å². The topological polar surface area (TPSA) is 41.6 Å². The van der Waals surface area contributed by atoms with Crippen molar-refractivity contribution in [3.05, 3.63) is 65.2 Å². The number of hydrogen-bond donors (Lipinski definition) is 1. The maximum absolute atomic E-state index is 12.5. The van der Waals surface area contributed by atoms with Crippen LogP contribution in [0, 0.1) is 0 Å². The van der Waals surface area contributed by atoms with Gasteiger partial charge in [-0.3, -0.25) is 4.90 Å². The van der Waals surface area contributed by atoms with Gasteiger partial charge in [0.05, 0.1) is 12.2 Å². The Bertz CT molecular complexity index is 750. The molecular formula is C21H26N2O2. The molecule has 0 unspecified atom stereocenters. The summed E-state index contributed by atoms with van der Waals surface area (Å²) in [5.41, 5.74) is 4.29. The summed E-state index contributed by atoms with van der Waals surface area (Å²) in [5.74, 6) is 0. The molecule has 0 aliphatic carbocycles. The van der Waals surface area contributed by atoms with E-state index >= 15 is 0 Å². The highest BCUT2D eigenvalue weighted by Crippen LogP contribution is 2.27. The maximum atomic E-state index is 12.5. The fraction of sp³-hybridized carbons (Fsp3) is 0.381. The van der Waals surface area contributed by atoms with Crippen molar-refractivity contribution in [3.8, 4) is 0 Å². The first-order valence-corrected chi connectivity index (χ1v) is 8.77. The Kier molecular flexibility index (Phi) is 5.09. The first-order chi connectivity index (χ1) is 11.9. The number of urea groups is 1. The van der Waals surface area contributed by atoms with E-state index in [-0.39, 0.29) is 11.6 Å². The predicted molar refractivity (Wildman–Crippen MR) is 101 cm³/mol. The molecule has 1 aliphatic heterocycles. The third-order valence-corrected chi connectivity index (χ3v) is 4.24. The molecule has 0 bridgehead atoms. The van der Waals surface area contributed by atoms with E-state index < -0.39 is 0 Å². The molecule has 0 spiro atoms. The minimum atomic E-state index is -0.159. The normalized spacial score (nSPS) is 13.6. The monoisotopic (exact) mass is 338 g/mol. The van der Waals surface area contributed by atoms with Crippen molar-refractivity contribution in [1.29, 1.82) is 0 Å². The number of carbonyl (C=O) groups excluding carboxylic acids is 1. The minimum absolute atomic E-state index is 0.0405. The molecule has 0 radical (unpaired) electrons. The molecule has 0 saturated heterocycles. The number of anilines is 1. The average molecular weight is 338 g/mol. The Hall–Kier alpha value is -2.33. The van der Waals surface area contributed by atoms with E-state index in [4.69, 9.17) is 4.74 Å². The van der Waals surface area contributed by atoms with Crippen molar-refractivity contribution >= 4 is 11.7 Å². The van der Waals surface area contributed by atoms with Gasteiger partial charge in [0.15, 0.2) is 0 Å². The number of nitrogens with one attached hydrogen (secondary N) is 1. The van der Waals surface area contributed by atoms with Crippen LogP contribution >= 0.6 is 0 Å². The van der Waals surface area contributed by atoms with Gasteiger partial charge in [-0.05, 0) is 49.9 Å². The van der Waals surface area contributed by atoms with Gasteiger partial charge in [0.2, 0.25) is 0 Å². The molecular weight excluding hydrogens is 312 g/mol. The molecule has 25 heavy (non-hydrogen) atoms.